The van der Waals surface area contributed by atoms with Crippen LogP contribution in [-0.2, 0) is 4.74 Å². The molecule has 3 rings (SSSR count). The first-order valence-electron chi connectivity index (χ1n) is 4.18. The van der Waals surface area contributed by atoms with Gasteiger partial charge in [-0.15, -0.1) is 0 Å². The lowest BCUT2D eigenvalue weighted by atomic mass is 9.62. The molecule has 2 aliphatic heterocycles. The number of ether oxygens (including phenoxy) is 1. The highest BCUT2D eigenvalue weighted by atomic mass is 16.5. The Hall–Kier alpha value is -0.120. The number of nitrogens with one attached hydrogen (secondary N) is 1. The van der Waals surface area contributed by atoms with E-state index in [1.807, 2.05) is 0 Å². The molecular formula is C8H16N2O. The van der Waals surface area contributed by atoms with Crippen LogP contribution >= 0.6 is 0 Å². The number of rotatable bonds is 3. The molecule has 1 saturated carbocycles. The topological polar surface area (TPSA) is 47.3 Å². The smallest absolute Gasteiger partial charge is 0.0532 e. The van der Waals surface area contributed by atoms with E-state index in [-0.39, 0.29) is 0 Å². The maximum atomic E-state index is 5.66. The molecule has 0 spiro atoms. The molecule has 2 bridgehead atoms. The van der Waals surface area contributed by atoms with Crippen LogP contribution in [0.4, 0.5) is 0 Å². The lowest BCUT2D eigenvalue weighted by Crippen LogP contribution is -2.54. The molecule has 0 aromatic carbocycles. The minimum Gasteiger partial charge on any atom is -0.384 e. The van der Waals surface area contributed by atoms with Crippen molar-refractivity contribution < 1.29 is 4.74 Å². The molecule has 3 nitrogen and oxygen atoms in total. The van der Waals surface area contributed by atoms with Crippen molar-refractivity contribution >= 4 is 0 Å². The van der Waals surface area contributed by atoms with E-state index in [0.29, 0.717) is 11.0 Å². The molecule has 3 N–H and O–H groups in total. The van der Waals surface area contributed by atoms with E-state index in [1.54, 1.807) is 7.11 Å². The highest BCUT2D eigenvalue weighted by molar-refractivity contribution is 5.17. The van der Waals surface area contributed by atoms with E-state index in [0.717, 1.165) is 19.7 Å². The molecule has 0 aromatic heterocycles. The molecule has 64 valence electrons. The molecule has 2 heterocycles. The highest BCUT2D eigenvalue weighted by Crippen LogP contribution is 2.53. The normalized spacial score (nSPS) is 47.5. The van der Waals surface area contributed by atoms with Crippen molar-refractivity contribution in [1.82, 2.24) is 5.32 Å². The van der Waals surface area contributed by atoms with Gasteiger partial charge in [0.15, 0.2) is 0 Å². The van der Waals surface area contributed by atoms with E-state index in [1.165, 1.54) is 12.8 Å². The van der Waals surface area contributed by atoms with Gasteiger partial charge >= 0.3 is 0 Å². The van der Waals surface area contributed by atoms with Gasteiger partial charge in [-0.05, 0) is 12.8 Å². The van der Waals surface area contributed by atoms with Gasteiger partial charge in [-0.3, -0.25) is 0 Å². The first kappa shape index (κ1) is 7.53. The molecule has 0 unspecified atom stereocenters. The van der Waals surface area contributed by atoms with Crippen molar-refractivity contribution in [2.24, 2.45) is 11.1 Å². The summed E-state index contributed by atoms with van der Waals surface area (Å²) in [5.74, 6) is 0. The molecule has 11 heavy (non-hydrogen) atoms. The summed E-state index contributed by atoms with van der Waals surface area (Å²) < 4.78 is 5.18. The lowest BCUT2D eigenvalue weighted by molar-refractivity contribution is 0.0216. The summed E-state index contributed by atoms with van der Waals surface area (Å²) in [7, 11) is 1.77. The SMILES string of the molecule is COCC12CNC(CN)(C1)C2. The van der Waals surface area contributed by atoms with Crippen LogP contribution in [0.3, 0.4) is 0 Å². The van der Waals surface area contributed by atoms with Crippen LogP contribution in [0, 0.1) is 5.41 Å². The lowest BCUT2D eigenvalue weighted by Gasteiger charge is -2.45. The van der Waals surface area contributed by atoms with Crippen LogP contribution in [0.5, 0.6) is 0 Å². The molecular weight excluding hydrogens is 140 g/mol. The van der Waals surface area contributed by atoms with Gasteiger partial charge in [0.25, 0.3) is 0 Å². The molecule has 1 aliphatic carbocycles. The van der Waals surface area contributed by atoms with Crippen LogP contribution in [-0.4, -0.2) is 32.3 Å². The second-order valence-corrected chi connectivity index (χ2v) is 4.12. The Kier molecular flexibility index (Phi) is 1.50. The maximum absolute atomic E-state index is 5.66. The number of fused-ring (bicyclic) bond motifs is 1. The summed E-state index contributed by atoms with van der Waals surface area (Å²) in [5.41, 5.74) is 6.39. The number of methoxy groups -OCH3 is 1. The Morgan fingerprint density at radius 3 is 2.73 bits per heavy atom. The Labute approximate surface area is 67.3 Å². The van der Waals surface area contributed by atoms with E-state index in [4.69, 9.17) is 10.5 Å². The molecule has 0 radical (unpaired) electrons. The molecule has 3 heteroatoms. The van der Waals surface area contributed by atoms with E-state index < -0.39 is 0 Å². The van der Waals surface area contributed by atoms with Crippen molar-refractivity contribution in [2.45, 2.75) is 18.4 Å². The Balaban J connectivity index is 1.97. The fourth-order valence-corrected chi connectivity index (χ4v) is 2.68. The van der Waals surface area contributed by atoms with Crippen molar-refractivity contribution in [1.29, 1.82) is 0 Å². The van der Waals surface area contributed by atoms with Crippen molar-refractivity contribution in [2.75, 3.05) is 26.8 Å². The third-order valence-electron chi connectivity index (χ3n) is 3.11. The first-order valence-corrected chi connectivity index (χ1v) is 4.18. The van der Waals surface area contributed by atoms with Crippen molar-refractivity contribution in [3.8, 4) is 0 Å². The minimum absolute atomic E-state index is 0.290. The zero-order valence-electron chi connectivity index (χ0n) is 7.02. The first-order chi connectivity index (χ1) is 5.24. The summed E-state index contributed by atoms with van der Waals surface area (Å²) in [6.45, 7) is 2.76. The van der Waals surface area contributed by atoms with Crippen molar-refractivity contribution in [3.63, 3.8) is 0 Å². The molecule has 2 saturated heterocycles. The second-order valence-electron chi connectivity index (χ2n) is 4.12. The number of nitrogens with two attached hydrogens (primary N) is 1. The van der Waals surface area contributed by atoms with Crippen LogP contribution in [0.2, 0.25) is 0 Å². The minimum atomic E-state index is 0.290. The zero-order valence-corrected chi connectivity index (χ0v) is 7.02. The number of hydrogen-bond donors (Lipinski definition) is 2. The Morgan fingerprint density at radius 2 is 2.27 bits per heavy atom. The van der Waals surface area contributed by atoms with Crippen LogP contribution in [0.1, 0.15) is 12.8 Å². The van der Waals surface area contributed by atoms with E-state index in [9.17, 15) is 0 Å². The quantitative estimate of drug-likeness (QED) is 0.590. The Morgan fingerprint density at radius 1 is 1.55 bits per heavy atom. The van der Waals surface area contributed by atoms with Crippen LogP contribution in [0.25, 0.3) is 0 Å². The van der Waals surface area contributed by atoms with Crippen molar-refractivity contribution in [3.05, 3.63) is 0 Å². The number of hydrogen-bond acceptors (Lipinski definition) is 3. The van der Waals surface area contributed by atoms with E-state index >= 15 is 0 Å². The van der Waals surface area contributed by atoms with Gasteiger partial charge in [0, 0.05) is 31.2 Å². The second kappa shape index (κ2) is 2.19. The predicted molar refractivity (Wildman–Crippen MR) is 43.3 cm³/mol. The fraction of sp³-hybridized carbons (Fsp3) is 1.00. The van der Waals surface area contributed by atoms with E-state index in [2.05, 4.69) is 5.32 Å². The molecule has 3 fully saturated rings. The maximum Gasteiger partial charge on any atom is 0.0532 e. The van der Waals surface area contributed by atoms with Gasteiger partial charge in [-0.25, -0.2) is 0 Å². The third kappa shape index (κ3) is 0.916. The molecule has 0 atom stereocenters. The summed E-state index contributed by atoms with van der Waals surface area (Å²) in [4.78, 5) is 0. The standard InChI is InChI=1S/C8H16N2O/c1-11-6-7-2-8(3-7,4-9)10-5-7/h10H,2-6,9H2,1H3. The summed E-state index contributed by atoms with van der Waals surface area (Å²) in [6, 6.07) is 0. The van der Waals surface area contributed by atoms with Gasteiger partial charge in [-0.1, -0.05) is 0 Å². The monoisotopic (exact) mass is 156 g/mol. The molecule has 3 aliphatic rings. The van der Waals surface area contributed by atoms with Gasteiger partial charge in [-0.2, -0.15) is 0 Å². The third-order valence-corrected chi connectivity index (χ3v) is 3.11. The summed E-state index contributed by atoms with van der Waals surface area (Å²) >= 11 is 0. The van der Waals surface area contributed by atoms with Gasteiger partial charge in [0.1, 0.15) is 0 Å². The predicted octanol–water partition coefficient (Wildman–Crippen LogP) is -0.286. The average molecular weight is 156 g/mol. The van der Waals surface area contributed by atoms with Crippen LogP contribution < -0.4 is 11.1 Å². The van der Waals surface area contributed by atoms with Crippen LogP contribution in [0.15, 0.2) is 0 Å². The highest BCUT2D eigenvalue weighted by Gasteiger charge is 2.59. The summed E-state index contributed by atoms with van der Waals surface area (Å²) in [5, 5.41) is 3.48. The molecule has 0 amide bonds. The van der Waals surface area contributed by atoms with Gasteiger partial charge < -0.3 is 15.8 Å². The van der Waals surface area contributed by atoms with Gasteiger partial charge in [0.2, 0.25) is 0 Å². The fourth-order valence-electron chi connectivity index (χ4n) is 2.68. The Bertz CT molecular complexity index is 163. The largest absolute Gasteiger partial charge is 0.384 e. The average Bonchev–Trinajstić information content (AvgIpc) is 2.43. The zero-order chi connectivity index (χ0) is 7.95. The van der Waals surface area contributed by atoms with Gasteiger partial charge in [0.05, 0.1) is 6.61 Å². The summed E-state index contributed by atoms with van der Waals surface area (Å²) in [6.07, 6.45) is 2.43. The molecule has 0 aromatic rings.